The minimum atomic E-state index is -0.0604. The second kappa shape index (κ2) is 5.79. The maximum absolute atomic E-state index is 11.8. The summed E-state index contributed by atoms with van der Waals surface area (Å²) < 4.78 is 0.921. The molecule has 0 spiro atoms. The molecule has 0 fully saturated rings. The molecule has 0 aliphatic carbocycles. The van der Waals surface area contributed by atoms with Crippen LogP contribution in [0.5, 0.6) is 0 Å². The number of carbonyl (C=O) groups excluding carboxylic acids is 1. The van der Waals surface area contributed by atoms with Crippen LogP contribution in [0.25, 0.3) is 0 Å². The molecule has 0 saturated carbocycles. The first-order valence-electron chi connectivity index (χ1n) is 4.83. The van der Waals surface area contributed by atoms with Crippen LogP contribution in [0.2, 0.25) is 0 Å². The third-order valence-electron chi connectivity index (χ3n) is 2.14. The van der Waals surface area contributed by atoms with Gasteiger partial charge in [0, 0.05) is 15.8 Å². The molecule has 0 radical (unpaired) electrons. The molecule has 1 unspecified atom stereocenters. The van der Waals surface area contributed by atoms with Crippen molar-refractivity contribution in [1.82, 2.24) is 10.3 Å². The van der Waals surface area contributed by atoms with E-state index in [4.69, 9.17) is 0 Å². The lowest BCUT2D eigenvalue weighted by Crippen LogP contribution is -2.39. The fraction of sp³-hybridized carbons (Fsp3) is 0.600. The van der Waals surface area contributed by atoms with Gasteiger partial charge in [0.05, 0.1) is 5.01 Å². The average molecular weight is 338 g/mol. The Morgan fingerprint density at radius 3 is 2.73 bits per heavy atom. The highest BCUT2D eigenvalue weighted by Gasteiger charge is 2.17. The number of amides is 1. The molecule has 1 N–H and O–H groups in total. The summed E-state index contributed by atoms with van der Waals surface area (Å²) in [5.41, 5.74) is 0.535. The molecule has 3 nitrogen and oxygen atoms in total. The van der Waals surface area contributed by atoms with Crippen molar-refractivity contribution in [3.8, 4) is 0 Å². The van der Waals surface area contributed by atoms with Gasteiger partial charge in [0.25, 0.3) is 5.91 Å². The Bertz CT molecular complexity index is 338. The molecule has 1 heterocycles. The standard InChI is InChI=1S/C10H15IN2OS/c1-6(2)8(4-11)13-10(14)9-5-15-7(3)12-9/h5-6,8H,4H2,1-3H3,(H,13,14). The molecule has 0 aliphatic rings. The average Bonchev–Trinajstić information content (AvgIpc) is 2.60. The molecule has 0 saturated heterocycles. The van der Waals surface area contributed by atoms with Crippen molar-refractivity contribution < 1.29 is 4.79 Å². The number of nitrogens with one attached hydrogen (secondary N) is 1. The molecule has 0 bridgehead atoms. The minimum absolute atomic E-state index is 0.0604. The summed E-state index contributed by atoms with van der Waals surface area (Å²) in [4.78, 5) is 15.9. The van der Waals surface area contributed by atoms with Gasteiger partial charge in [-0.05, 0) is 12.8 Å². The van der Waals surface area contributed by atoms with Crippen LogP contribution in [-0.2, 0) is 0 Å². The summed E-state index contributed by atoms with van der Waals surface area (Å²) in [7, 11) is 0. The molecule has 0 aliphatic heterocycles. The highest BCUT2D eigenvalue weighted by molar-refractivity contribution is 14.1. The van der Waals surface area contributed by atoms with Crippen LogP contribution in [0.15, 0.2) is 5.38 Å². The largest absolute Gasteiger partial charge is 0.347 e. The number of hydrogen-bond acceptors (Lipinski definition) is 3. The maximum atomic E-state index is 11.8. The topological polar surface area (TPSA) is 42.0 Å². The SMILES string of the molecule is Cc1nc(C(=O)NC(CI)C(C)C)cs1. The van der Waals surface area contributed by atoms with Crippen LogP contribution < -0.4 is 5.32 Å². The van der Waals surface area contributed by atoms with Gasteiger partial charge < -0.3 is 5.32 Å². The van der Waals surface area contributed by atoms with Crippen molar-refractivity contribution in [3.05, 3.63) is 16.1 Å². The summed E-state index contributed by atoms with van der Waals surface area (Å²) in [5, 5.41) is 5.72. The summed E-state index contributed by atoms with van der Waals surface area (Å²) in [5.74, 6) is 0.389. The van der Waals surface area contributed by atoms with Crippen LogP contribution in [0.1, 0.15) is 29.3 Å². The zero-order valence-electron chi connectivity index (χ0n) is 9.08. The van der Waals surface area contributed by atoms with Gasteiger partial charge in [-0.15, -0.1) is 11.3 Å². The molecule has 1 rings (SSSR count). The summed E-state index contributed by atoms with van der Waals surface area (Å²) in [6.07, 6.45) is 0. The predicted molar refractivity (Wildman–Crippen MR) is 71.8 cm³/mol. The summed E-state index contributed by atoms with van der Waals surface area (Å²) >= 11 is 3.79. The molecule has 0 aromatic carbocycles. The number of hydrogen-bond donors (Lipinski definition) is 1. The van der Waals surface area contributed by atoms with Gasteiger partial charge in [-0.3, -0.25) is 4.79 Å². The quantitative estimate of drug-likeness (QED) is 0.677. The predicted octanol–water partition coefficient (Wildman–Crippen LogP) is 2.64. The molecular weight excluding hydrogens is 323 g/mol. The number of aryl methyl sites for hydroxylation is 1. The number of aromatic nitrogens is 1. The molecule has 1 amide bonds. The van der Waals surface area contributed by atoms with E-state index in [9.17, 15) is 4.79 Å². The van der Waals surface area contributed by atoms with Crippen molar-refractivity contribution in [2.24, 2.45) is 5.92 Å². The lowest BCUT2D eigenvalue weighted by molar-refractivity contribution is 0.0927. The monoisotopic (exact) mass is 338 g/mol. The molecule has 1 aromatic heterocycles. The van der Waals surface area contributed by atoms with E-state index in [1.165, 1.54) is 11.3 Å². The van der Waals surface area contributed by atoms with Crippen molar-refractivity contribution >= 4 is 39.8 Å². The smallest absolute Gasteiger partial charge is 0.271 e. The molecule has 84 valence electrons. The van der Waals surface area contributed by atoms with Gasteiger partial charge in [-0.1, -0.05) is 36.4 Å². The molecule has 5 heteroatoms. The normalized spacial score (nSPS) is 12.9. The van der Waals surface area contributed by atoms with E-state index >= 15 is 0 Å². The van der Waals surface area contributed by atoms with Crippen LogP contribution in [-0.4, -0.2) is 21.4 Å². The van der Waals surface area contributed by atoms with E-state index in [-0.39, 0.29) is 11.9 Å². The second-order valence-corrected chi connectivity index (χ2v) is 5.67. The number of alkyl halides is 1. The fourth-order valence-corrected chi connectivity index (χ4v) is 2.92. The van der Waals surface area contributed by atoms with E-state index in [1.807, 2.05) is 6.92 Å². The Morgan fingerprint density at radius 1 is 1.67 bits per heavy atom. The fourth-order valence-electron chi connectivity index (χ4n) is 1.09. The van der Waals surface area contributed by atoms with Crippen molar-refractivity contribution in [1.29, 1.82) is 0 Å². The lowest BCUT2D eigenvalue weighted by Gasteiger charge is -2.19. The zero-order chi connectivity index (χ0) is 11.4. The molecule has 1 aromatic rings. The van der Waals surface area contributed by atoms with E-state index in [0.29, 0.717) is 11.6 Å². The minimum Gasteiger partial charge on any atom is -0.347 e. The van der Waals surface area contributed by atoms with Gasteiger partial charge in [-0.25, -0.2) is 4.98 Å². The first-order valence-corrected chi connectivity index (χ1v) is 7.24. The van der Waals surface area contributed by atoms with Crippen LogP contribution >= 0.6 is 33.9 Å². The van der Waals surface area contributed by atoms with Crippen molar-refractivity contribution in [3.63, 3.8) is 0 Å². The van der Waals surface area contributed by atoms with Gasteiger partial charge in [-0.2, -0.15) is 0 Å². The van der Waals surface area contributed by atoms with Gasteiger partial charge in [0.15, 0.2) is 0 Å². The Labute approximate surface area is 108 Å². The number of nitrogens with zero attached hydrogens (tertiary/aromatic N) is 1. The summed E-state index contributed by atoms with van der Waals surface area (Å²) in [6, 6.07) is 0.222. The second-order valence-electron chi connectivity index (χ2n) is 3.73. The Hall–Kier alpha value is -0.170. The van der Waals surface area contributed by atoms with Crippen LogP contribution in [0.4, 0.5) is 0 Å². The first-order chi connectivity index (χ1) is 7.04. The van der Waals surface area contributed by atoms with E-state index < -0.39 is 0 Å². The number of thiazole rings is 1. The van der Waals surface area contributed by atoms with E-state index in [1.54, 1.807) is 5.38 Å². The van der Waals surface area contributed by atoms with Crippen molar-refractivity contribution in [2.75, 3.05) is 4.43 Å². The number of rotatable bonds is 4. The molecular formula is C10H15IN2OS. The maximum Gasteiger partial charge on any atom is 0.271 e. The Balaban J connectivity index is 2.62. The molecule has 15 heavy (non-hydrogen) atoms. The van der Waals surface area contributed by atoms with Crippen molar-refractivity contribution in [2.45, 2.75) is 26.8 Å². The van der Waals surface area contributed by atoms with Crippen LogP contribution in [0.3, 0.4) is 0 Å². The van der Waals surface area contributed by atoms with Crippen LogP contribution in [0, 0.1) is 12.8 Å². The Morgan fingerprint density at radius 2 is 2.33 bits per heavy atom. The van der Waals surface area contributed by atoms with Gasteiger partial charge in [0.2, 0.25) is 0 Å². The Kier molecular flexibility index (Phi) is 4.98. The highest BCUT2D eigenvalue weighted by atomic mass is 127. The number of halogens is 1. The highest BCUT2D eigenvalue weighted by Crippen LogP contribution is 2.10. The van der Waals surface area contributed by atoms with E-state index in [0.717, 1.165) is 9.44 Å². The number of carbonyl (C=O) groups is 1. The lowest BCUT2D eigenvalue weighted by atomic mass is 10.1. The van der Waals surface area contributed by atoms with Gasteiger partial charge in [0.1, 0.15) is 5.69 Å². The van der Waals surface area contributed by atoms with Gasteiger partial charge >= 0.3 is 0 Å². The van der Waals surface area contributed by atoms with E-state index in [2.05, 4.69) is 46.7 Å². The zero-order valence-corrected chi connectivity index (χ0v) is 12.1. The first kappa shape index (κ1) is 12.9. The molecule has 1 atom stereocenters. The summed E-state index contributed by atoms with van der Waals surface area (Å²) in [6.45, 7) is 6.12. The third kappa shape index (κ3) is 3.71. The third-order valence-corrected chi connectivity index (χ3v) is 3.86.